The van der Waals surface area contributed by atoms with Crippen LogP contribution in [0.2, 0.25) is 0 Å². The van der Waals surface area contributed by atoms with Gasteiger partial charge in [0.1, 0.15) is 5.60 Å². The third kappa shape index (κ3) is 12.1. The molecule has 0 saturated heterocycles. The number of carbonyl (C=O) groups excluding carboxylic acids is 1. The van der Waals surface area contributed by atoms with E-state index in [0.717, 1.165) is 18.8 Å². The Morgan fingerprint density at radius 2 is 1.47 bits per heavy atom. The van der Waals surface area contributed by atoms with Crippen molar-refractivity contribution < 1.29 is 11.0 Å². The van der Waals surface area contributed by atoms with E-state index in [-0.39, 0.29) is 7.52 Å². The number of carbonyl (C=O) groups is 1. The summed E-state index contributed by atoms with van der Waals surface area (Å²) in [6.07, 6.45) is 4.31. The van der Waals surface area contributed by atoms with Crippen LogP contribution in [0.15, 0.2) is 0 Å². The lowest BCUT2D eigenvalue weighted by atomic mass is 9.87. The first-order valence-corrected chi connectivity index (χ1v) is 7.86. The highest BCUT2D eigenvalue weighted by Gasteiger charge is 2.22. The summed E-state index contributed by atoms with van der Waals surface area (Å²) in [6.45, 7) is 15.9. The minimum absolute atomic E-state index is 0. The fraction of sp³-hybridized carbons (Fsp3) is 0.938. The van der Waals surface area contributed by atoms with E-state index in [1.807, 2.05) is 48.5 Å². The number of nitrogens with one attached hydrogen (secondary N) is 1. The number of alkyl carbamates (subject to hydrolysis) is 1. The predicted octanol–water partition coefficient (Wildman–Crippen LogP) is 5.39. The molecule has 1 rings (SSSR count). The van der Waals surface area contributed by atoms with Gasteiger partial charge in [0.15, 0.2) is 0 Å². The molecule has 0 aliphatic heterocycles. The van der Waals surface area contributed by atoms with E-state index in [0.29, 0.717) is 6.04 Å². The third-order valence-corrected chi connectivity index (χ3v) is 2.74. The number of rotatable bonds is 1. The van der Waals surface area contributed by atoms with Crippen molar-refractivity contribution in [1.29, 1.82) is 0 Å². The Kier molecular flexibility index (Phi) is 12.1. The highest BCUT2D eigenvalue weighted by molar-refractivity contribution is 5.68. The standard InChI is InChI=1S/C12H23NO2.2C2H6.H2/c1-9-5-7-10(8-6-9)13-11(14)15-12(2,3)4;2*1-2;/h9-10H,5-8H2,1-4H3,(H,13,14);2*1-2H3;1H. The van der Waals surface area contributed by atoms with E-state index in [4.69, 9.17) is 4.74 Å². The normalized spacial score (nSPS) is 22.1. The second kappa shape index (κ2) is 11.1. The van der Waals surface area contributed by atoms with Crippen molar-refractivity contribution in [3.63, 3.8) is 0 Å². The van der Waals surface area contributed by atoms with Crippen LogP contribution in [0.3, 0.4) is 0 Å². The van der Waals surface area contributed by atoms with Gasteiger partial charge in [0.2, 0.25) is 0 Å². The highest BCUT2D eigenvalue weighted by Crippen LogP contribution is 2.23. The van der Waals surface area contributed by atoms with Gasteiger partial charge >= 0.3 is 6.09 Å². The van der Waals surface area contributed by atoms with Gasteiger partial charge in [-0.15, -0.1) is 0 Å². The minimum atomic E-state index is -0.397. The lowest BCUT2D eigenvalue weighted by Gasteiger charge is -2.28. The Morgan fingerprint density at radius 3 is 1.84 bits per heavy atom. The fourth-order valence-corrected chi connectivity index (χ4v) is 1.88. The molecule has 0 atom stereocenters. The first-order chi connectivity index (χ1) is 8.87. The zero-order chi connectivity index (χ0) is 15.5. The van der Waals surface area contributed by atoms with Crippen LogP contribution in [0.1, 0.15) is 82.5 Å². The molecule has 1 fully saturated rings. The maximum atomic E-state index is 11.5. The van der Waals surface area contributed by atoms with Crippen LogP contribution in [-0.4, -0.2) is 17.7 Å². The molecule has 0 aromatic carbocycles. The molecule has 0 heterocycles. The Labute approximate surface area is 122 Å². The minimum Gasteiger partial charge on any atom is -0.444 e. The topological polar surface area (TPSA) is 38.3 Å². The van der Waals surface area contributed by atoms with Crippen LogP contribution in [0.4, 0.5) is 4.79 Å². The van der Waals surface area contributed by atoms with Crippen LogP contribution >= 0.6 is 0 Å². The second-order valence-corrected chi connectivity index (χ2v) is 5.60. The van der Waals surface area contributed by atoms with Gasteiger partial charge in [0, 0.05) is 7.47 Å². The van der Waals surface area contributed by atoms with Gasteiger partial charge in [0.25, 0.3) is 0 Å². The van der Waals surface area contributed by atoms with Gasteiger partial charge in [0.05, 0.1) is 0 Å². The molecule has 1 aliphatic rings. The molecule has 1 aliphatic carbocycles. The van der Waals surface area contributed by atoms with Crippen molar-refractivity contribution in [1.82, 2.24) is 5.32 Å². The van der Waals surface area contributed by atoms with Crippen molar-refractivity contribution in [2.45, 2.75) is 92.7 Å². The number of hydrogen-bond acceptors (Lipinski definition) is 2. The Bertz CT molecular complexity index is 219. The monoisotopic (exact) mass is 275 g/mol. The van der Waals surface area contributed by atoms with Gasteiger partial charge < -0.3 is 10.1 Å². The summed E-state index contributed by atoms with van der Waals surface area (Å²) in [5.74, 6) is 0.807. The first kappa shape index (κ1) is 20.6. The summed E-state index contributed by atoms with van der Waals surface area (Å²) >= 11 is 0. The molecule has 1 amide bonds. The van der Waals surface area contributed by atoms with E-state index < -0.39 is 5.60 Å². The van der Waals surface area contributed by atoms with Crippen molar-refractivity contribution >= 4 is 6.09 Å². The van der Waals surface area contributed by atoms with E-state index in [1.54, 1.807) is 0 Å². The second-order valence-electron chi connectivity index (χ2n) is 5.60. The molecule has 118 valence electrons. The molecule has 1 saturated carbocycles. The maximum Gasteiger partial charge on any atom is 0.407 e. The summed E-state index contributed by atoms with van der Waals surface area (Å²) in [4.78, 5) is 11.5. The van der Waals surface area contributed by atoms with E-state index in [2.05, 4.69) is 12.2 Å². The number of ether oxygens (including phenoxy) is 1. The Balaban J connectivity index is -0.000000529. The van der Waals surface area contributed by atoms with Crippen molar-refractivity contribution in [2.24, 2.45) is 5.92 Å². The molecular weight excluding hydrogens is 238 g/mol. The molecule has 3 nitrogen and oxygen atoms in total. The zero-order valence-corrected chi connectivity index (χ0v) is 14.3. The average Bonchev–Trinajstić information content (AvgIpc) is 2.35. The van der Waals surface area contributed by atoms with Gasteiger partial charge in [-0.2, -0.15) is 0 Å². The van der Waals surface area contributed by atoms with E-state index in [1.165, 1.54) is 12.8 Å². The Hall–Kier alpha value is -0.730. The first-order valence-electron chi connectivity index (χ1n) is 7.86. The largest absolute Gasteiger partial charge is 0.444 e. The lowest BCUT2D eigenvalue weighted by Crippen LogP contribution is -2.40. The SMILES string of the molecule is CC.CC.CC1CCC(NC(=O)OC(C)(C)C)CC1.[HH]. The predicted molar refractivity (Wildman–Crippen MR) is 85.6 cm³/mol. The molecule has 0 bridgehead atoms. The summed E-state index contributed by atoms with van der Waals surface area (Å²) < 4.78 is 5.22. The smallest absolute Gasteiger partial charge is 0.407 e. The number of hydrogen-bond donors (Lipinski definition) is 1. The van der Waals surface area contributed by atoms with Gasteiger partial charge in [-0.3, -0.25) is 0 Å². The van der Waals surface area contributed by atoms with Crippen LogP contribution in [-0.2, 0) is 4.74 Å². The number of amides is 1. The van der Waals surface area contributed by atoms with E-state index in [9.17, 15) is 4.79 Å². The lowest BCUT2D eigenvalue weighted by molar-refractivity contribution is 0.0488. The van der Waals surface area contributed by atoms with E-state index >= 15 is 0 Å². The van der Waals surface area contributed by atoms with Crippen LogP contribution in [0.5, 0.6) is 0 Å². The highest BCUT2D eigenvalue weighted by atomic mass is 16.6. The van der Waals surface area contributed by atoms with Crippen LogP contribution in [0, 0.1) is 5.92 Å². The van der Waals surface area contributed by atoms with Crippen molar-refractivity contribution in [2.75, 3.05) is 0 Å². The fourth-order valence-electron chi connectivity index (χ4n) is 1.88. The van der Waals surface area contributed by atoms with Gasteiger partial charge in [-0.05, 0) is 52.4 Å². The summed E-state index contributed by atoms with van der Waals surface area (Å²) in [7, 11) is 0. The van der Waals surface area contributed by atoms with Crippen LogP contribution < -0.4 is 5.32 Å². The molecule has 0 aromatic rings. The molecular formula is C16H37NO2. The summed E-state index contributed by atoms with van der Waals surface area (Å²) in [6, 6.07) is 0.316. The molecule has 3 heteroatoms. The molecule has 1 N–H and O–H groups in total. The molecule has 0 aromatic heterocycles. The van der Waals surface area contributed by atoms with Crippen molar-refractivity contribution in [3.8, 4) is 0 Å². The third-order valence-electron chi connectivity index (χ3n) is 2.74. The molecule has 0 unspecified atom stereocenters. The van der Waals surface area contributed by atoms with Crippen molar-refractivity contribution in [3.05, 3.63) is 0 Å². The van der Waals surface area contributed by atoms with Gasteiger partial charge in [-0.25, -0.2) is 4.79 Å². The summed E-state index contributed by atoms with van der Waals surface area (Å²) in [5, 5.41) is 2.93. The quantitative estimate of drug-likeness (QED) is 0.697. The zero-order valence-electron chi connectivity index (χ0n) is 14.3. The maximum absolute atomic E-state index is 11.5. The molecule has 19 heavy (non-hydrogen) atoms. The van der Waals surface area contributed by atoms with Crippen LogP contribution in [0.25, 0.3) is 0 Å². The van der Waals surface area contributed by atoms with Gasteiger partial charge in [-0.1, -0.05) is 34.6 Å². The average molecular weight is 275 g/mol. The molecule has 0 radical (unpaired) electrons. The summed E-state index contributed by atoms with van der Waals surface area (Å²) in [5.41, 5.74) is -0.397. The Morgan fingerprint density at radius 1 is 1.05 bits per heavy atom. The molecule has 0 spiro atoms.